The third kappa shape index (κ3) is 2.72. The van der Waals surface area contributed by atoms with Crippen LogP contribution in [0.25, 0.3) is 0 Å². The van der Waals surface area contributed by atoms with Crippen molar-refractivity contribution in [2.24, 2.45) is 0 Å². The molecule has 0 aromatic carbocycles. The van der Waals surface area contributed by atoms with Crippen LogP contribution in [0.5, 0.6) is 0 Å². The van der Waals surface area contributed by atoms with E-state index in [0.29, 0.717) is 19.2 Å². The van der Waals surface area contributed by atoms with Gasteiger partial charge in [0.15, 0.2) is 0 Å². The second-order valence-corrected chi connectivity index (χ2v) is 5.29. The van der Waals surface area contributed by atoms with E-state index in [-0.39, 0.29) is 5.97 Å². The first-order valence-electron chi connectivity index (χ1n) is 7.19. The first-order valence-corrected chi connectivity index (χ1v) is 7.19. The van der Waals surface area contributed by atoms with E-state index in [1.807, 2.05) is 6.92 Å². The van der Waals surface area contributed by atoms with Crippen molar-refractivity contribution in [3.8, 4) is 0 Å². The highest BCUT2D eigenvalue weighted by Crippen LogP contribution is 2.32. The zero-order valence-electron chi connectivity index (χ0n) is 11.4. The maximum atomic E-state index is 11.7. The monoisotopic (exact) mass is 260 g/mol. The predicted molar refractivity (Wildman–Crippen MR) is 73.3 cm³/mol. The van der Waals surface area contributed by atoms with Crippen LogP contribution in [0.1, 0.15) is 37.4 Å². The summed E-state index contributed by atoms with van der Waals surface area (Å²) < 4.78 is 5.06. The standard InChI is InChI=1S/C15H20N2O2/c1-2-19-15(18)10-17(12-7-8-12)14-9-6-11-4-3-5-13(11)16-14/h6,9,12H,2-5,7-8,10H2,1H3. The molecule has 0 bridgehead atoms. The number of ether oxygens (including phenoxy) is 1. The average Bonchev–Trinajstić information content (AvgIpc) is 3.13. The number of nitrogens with zero attached hydrogens (tertiary/aromatic N) is 2. The van der Waals surface area contributed by atoms with Crippen LogP contribution in [-0.2, 0) is 22.4 Å². The molecule has 2 aliphatic carbocycles. The zero-order valence-corrected chi connectivity index (χ0v) is 11.4. The molecule has 1 fully saturated rings. The van der Waals surface area contributed by atoms with Gasteiger partial charge in [0, 0.05) is 11.7 Å². The normalized spacial score (nSPS) is 17.1. The van der Waals surface area contributed by atoms with Gasteiger partial charge in [-0.25, -0.2) is 4.98 Å². The van der Waals surface area contributed by atoms with Crippen LogP contribution in [0, 0.1) is 0 Å². The summed E-state index contributed by atoms with van der Waals surface area (Å²) in [5.41, 5.74) is 2.59. The number of aromatic nitrogens is 1. The summed E-state index contributed by atoms with van der Waals surface area (Å²) in [5, 5.41) is 0. The van der Waals surface area contributed by atoms with Crippen molar-refractivity contribution in [3.05, 3.63) is 23.4 Å². The maximum Gasteiger partial charge on any atom is 0.325 e. The van der Waals surface area contributed by atoms with Crippen molar-refractivity contribution in [1.29, 1.82) is 0 Å². The molecule has 0 spiro atoms. The first-order chi connectivity index (χ1) is 9.28. The van der Waals surface area contributed by atoms with E-state index >= 15 is 0 Å². The molecule has 19 heavy (non-hydrogen) atoms. The fourth-order valence-electron chi connectivity index (χ4n) is 2.70. The van der Waals surface area contributed by atoms with E-state index < -0.39 is 0 Å². The molecule has 102 valence electrons. The molecule has 2 aliphatic rings. The number of rotatable bonds is 5. The minimum Gasteiger partial charge on any atom is -0.465 e. The molecule has 1 heterocycles. The molecule has 0 N–H and O–H groups in total. The number of fused-ring (bicyclic) bond motifs is 1. The number of carbonyl (C=O) groups excluding carboxylic acids is 1. The molecule has 0 atom stereocenters. The number of anilines is 1. The van der Waals surface area contributed by atoms with E-state index in [4.69, 9.17) is 9.72 Å². The fraction of sp³-hybridized carbons (Fsp3) is 0.600. The van der Waals surface area contributed by atoms with Gasteiger partial charge >= 0.3 is 5.97 Å². The Kier molecular flexibility index (Phi) is 3.40. The van der Waals surface area contributed by atoms with Crippen LogP contribution in [0.4, 0.5) is 5.82 Å². The molecule has 0 saturated heterocycles. The van der Waals surface area contributed by atoms with Crippen LogP contribution in [0.3, 0.4) is 0 Å². The minimum absolute atomic E-state index is 0.156. The van der Waals surface area contributed by atoms with Crippen LogP contribution in [-0.4, -0.2) is 30.1 Å². The van der Waals surface area contributed by atoms with Gasteiger partial charge in [0.25, 0.3) is 0 Å². The highest BCUT2D eigenvalue weighted by molar-refractivity contribution is 5.75. The second-order valence-electron chi connectivity index (χ2n) is 5.29. The Morgan fingerprint density at radius 1 is 1.42 bits per heavy atom. The Balaban J connectivity index is 1.78. The van der Waals surface area contributed by atoms with Gasteiger partial charge in [0.05, 0.1) is 6.61 Å². The number of carbonyl (C=O) groups is 1. The van der Waals surface area contributed by atoms with Gasteiger partial charge in [-0.3, -0.25) is 4.79 Å². The molecule has 0 unspecified atom stereocenters. The minimum atomic E-state index is -0.156. The molecule has 4 nitrogen and oxygen atoms in total. The molecule has 1 aromatic rings. The van der Waals surface area contributed by atoms with Crippen molar-refractivity contribution in [2.75, 3.05) is 18.1 Å². The van der Waals surface area contributed by atoms with Gasteiger partial charge < -0.3 is 9.64 Å². The lowest BCUT2D eigenvalue weighted by molar-refractivity contribution is -0.141. The van der Waals surface area contributed by atoms with Crippen LogP contribution in [0.15, 0.2) is 12.1 Å². The molecular formula is C15H20N2O2. The summed E-state index contributed by atoms with van der Waals surface area (Å²) in [4.78, 5) is 18.6. The fourth-order valence-corrected chi connectivity index (χ4v) is 2.70. The van der Waals surface area contributed by atoms with Crippen LogP contribution < -0.4 is 4.90 Å². The lowest BCUT2D eigenvalue weighted by Gasteiger charge is -2.23. The van der Waals surface area contributed by atoms with Crippen molar-refractivity contribution >= 4 is 11.8 Å². The molecular weight excluding hydrogens is 240 g/mol. The topological polar surface area (TPSA) is 42.4 Å². The van der Waals surface area contributed by atoms with Gasteiger partial charge in [-0.15, -0.1) is 0 Å². The lowest BCUT2D eigenvalue weighted by Crippen LogP contribution is -2.33. The van der Waals surface area contributed by atoms with Crippen molar-refractivity contribution in [1.82, 2.24) is 4.98 Å². The van der Waals surface area contributed by atoms with Crippen molar-refractivity contribution in [2.45, 2.75) is 45.1 Å². The van der Waals surface area contributed by atoms with Gasteiger partial charge in [-0.2, -0.15) is 0 Å². The van der Waals surface area contributed by atoms with E-state index in [2.05, 4.69) is 17.0 Å². The van der Waals surface area contributed by atoms with Gasteiger partial charge in [0.1, 0.15) is 12.4 Å². The third-order valence-corrected chi connectivity index (χ3v) is 3.80. The van der Waals surface area contributed by atoms with Crippen LogP contribution >= 0.6 is 0 Å². The first kappa shape index (κ1) is 12.5. The Labute approximate surface area is 113 Å². The summed E-state index contributed by atoms with van der Waals surface area (Å²) in [6, 6.07) is 4.70. The van der Waals surface area contributed by atoms with Gasteiger partial charge in [-0.05, 0) is 50.7 Å². The smallest absolute Gasteiger partial charge is 0.325 e. The summed E-state index contributed by atoms with van der Waals surface area (Å²) in [6.45, 7) is 2.60. The molecule has 0 aliphatic heterocycles. The third-order valence-electron chi connectivity index (χ3n) is 3.80. The quantitative estimate of drug-likeness (QED) is 0.760. The summed E-state index contributed by atoms with van der Waals surface area (Å²) in [6.07, 6.45) is 5.72. The van der Waals surface area contributed by atoms with Gasteiger partial charge in [-0.1, -0.05) is 6.07 Å². The van der Waals surface area contributed by atoms with E-state index in [1.165, 1.54) is 17.7 Å². The lowest BCUT2D eigenvalue weighted by atomic mass is 10.2. The number of hydrogen-bond acceptors (Lipinski definition) is 4. The molecule has 1 saturated carbocycles. The SMILES string of the molecule is CCOC(=O)CN(c1ccc2c(n1)CCC2)C1CC1. The Morgan fingerprint density at radius 2 is 2.26 bits per heavy atom. The predicted octanol–water partition coefficient (Wildman–Crippen LogP) is 2.10. The molecule has 4 heteroatoms. The molecule has 0 amide bonds. The summed E-state index contributed by atoms with van der Waals surface area (Å²) in [7, 11) is 0. The van der Waals surface area contributed by atoms with E-state index in [9.17, 15) is 4.79 Å². The number of pyridine rings is 1. The highest BCUT2D eigenvalue weighted by atomic mass is 16.5. The van der Waals surface area contributed by atoms with Crippen molar-refractivity contribution in [3.63, 3.8) is 0 Å². The highest BCUT2D eigenvalue weighted by Gasteiger charge is 2.32. The second kappa shape index (κ2) is 5.19. The van der Waals surface area contributed by atoms with E-state index in [1.54, 1.807) is 0 Å². The zero-order chi connectivity index (χ0) is 13.2. The van der Waals surface area contributed by atoms with Gasteiger partial charge in [0.2, 0.25) is 0 Å². The number of aryl methyl sites for hydroxylation is 2. The van der Waals surface area contributed by atoms with Crippen molar-refractivity contribution < 1.29 is 9.53 Å². The average molecular weight is 260 g/mol. The van der Waals surface area contributed by atoms with Crippen LogP contribution in [0.2, 0.25) is 0 Å². The maximum absolute atomic E-state index is 11.7. The number of esters is 1. The summed E-state index contributed by atoms with van der Waals surface area (Å²) >= 11 is 0. The molecule has 3 rings (SSSR count). The Bertz CT molecular complexity index is 483. The molecule has 1 aromatic heterocycles. The van der Waals surface area contributed by atoms with E-state index in [0.717, 1.165) is 31.5 Å². The Hall–Kier alpha value is -1.58. The summed E-state index contributed by atoms with van der Waals surface area (Å²) in [5.74, 6) is 0.785. The molecule has 0 radical (unpaired) electrons. The Morgan fingerprint density at radius 3 is 3.00 bits per heavy atom. The largest absolute Gasteiger partial charge is 0.465 e. The number of hydrogen-bond donors (Lipinski definition) is 0.